The maximum atomic E-state index is 5.25. The predicted octanol–water partition coefficient (Wildman–Crippen LogP) is 9.79. The number of hydrogen-bond donors (Lipinski definition) is 1. The van der Waals surface area contributed by atoms with Crippen LogP contribution in [0.5, 0.6) is 0 Å². The van der Waals surface area contributed by atoms with Gasteiger partial charge in [0, 0.05) is 38.0 Å². The molecule has 6 nitrogen and oxygen atoms in total. The van der Waals surface area contributed by atoms with E-state index in [9.17, 15) is 0 Å². The number of halogens is 1. The highest BCUT2D eigenvalue weighted by atomic mass is 35.5. The number of nitrogens with one attached hydrogen (secondary N) is 1. The van der Waals surface area contributed by atoms with E-state index in [0.717, 1.165) is 53.0 Å². The van der Waals surface area contributed by atoms with Crippen molar-refractivity contribution < 1.29 is 4.52 Å². The Hall–Kier alpha value is -2.70. The minimum Gasteiger partial charge on any atom is -0.362 e. The molecular formula is C34H58ClN5O. The standard InChI is InChI=1S/C15H24N2O.C11H13N3.C3H6.2C2H6.CH3Cl/c1-3-7-15-14(12(2)18-17-15)11-16-10-13-8-5-4-6-9-13;1-8-12-10-7-5-4-6-9(10)11(13-8)14(2)3;1-3-2;3*1-2/h3,7,13,16H,4-6,8-11H2,1-2H3;4-7H,1-3H3;3H,1H2,2H3;2*1-2H3;1H3/b7-3+;;;;;. The highest BCUT2D eigenvalue weighted by molar-refractivity contribution is 6.15. The molecule has 7 heteroatoms. The van der Waals surface area contributed by atoms with Crippen LogP contribution in [0.25, 0.3) is 17.0 Å². The van der Waals surface area contributed by atoms with Gasteiger partial charge < -0.3 is 14.7 Å². The van der Waals surface area contributed by atoms with Gasteiger partial charge in [0.15, 0.2) is 0 Å². The van der Waals surface area contributed by atoms with Gasteiger partial charge >= 0.3 is 0 Å². The second-order valence-electron chi connectivity index (χ2n) is 9.15. The Kier molecular flexibility index (Phi) is 25.9. The third kappa shape index (κ3) is 15.8. The molecule has 0 aliphatic heterocycles. The lowest BCUT2D eigenvalue weighted by atomic mass is 9.89. The zero-order valence-electron chi connectivity index (χ0n) is 27.9. The minimum atomic E-state index is 0.812. The smallest absolute Gasteiger partial charge is 0.139 e. The highest BCUT2D eigenvalue weighted by Crippen LogP contribution is 2.23. The fourth-order valence-electron chi connectivity index (χ4n) is 4.22. The Morgan fingerprint density at radius 2 is 1.59 bits per heavy atom. The second kappa shape index (κ2) is 26.2. The molecule has 1 fully saturated rings. The molecule has 0 radical (unpaired) electrons. The van der Waals surface area contributed by atoms with Gasteiger partial charge in [0.25, 0.3) is 0 Å². The van der Waals surface area contributed by atoms with Crippen LogP contribution in [0.3, 0.4) is 0 Å². The van der Waals surface area contributed by atoms with Crippen molar-refractivity contribution in [1.82, 2.24) is 20.4 Å². The SMILES string of the molecule is C/C=C/c1noc(C)c1CNCC1CCCCC1.C=CC.CC.CC.CCl.Cc1nc(N(C)C)c2ccccc2n1. The Morgan fingerprint density at radius 1 is 1.00 bits per heavy atom. The van der Waals surface area contributed by atoms with Crippen LogP contribution < -0.4 is 10.2 Å². The van der Waals surface area contributed by atoms with E-state index in [-0.39, 0.29) is 0 Å². The summed E-state index contributed by atoms with van der Waals surface area (Å²) in [7, 11) is 3.99. The normalized spacial score (nSPS) is 12.1. The summed E-state index contributed by atoms with van der Waals surface area (Å²) in [6.45, 7) is 21.1. The van der Waals surface area contributed by atoms with Crippen LogP contribution >= 0.6 is 11.6 Å². The topological polar surface area (TPSA) is 67.1 Å². The number of aromatic nitrogens is 3. The fraction of sp³-hybridized carbons (Fsp3) is 0.559. The van der Waals surface area contributed by atoms with Crippen molar-refractivity contribution in [2.45, 2.75) is 94.0 Å². The maximum Gasteiger partial charge on any atom is 0.139 e. The lowest BCUT2D eigenvalue weighted by Gasteiger charge is -2.21. The van der Waals surface area contributed by atoms with E-state index in [1.807, 2.05) is 111 Å². The van der Waals surface area contributed by atoms with Crippen molar-refractivity contribution in [1.29, 1.82) is 0 Å². The summed E-state index contributed by atoms with van der Waals surface area (Å²) in [6.07, 6.45) is 14.2. The van der Waals surface area contributed by atoms with E-state index >= 15 is 0 Å². The number of allylic oxidation sites excluding steroid dienone is 2. The van der Waals surface area contributed by atoms with Gasteiger partial charge in [0.1, 0.15) is 23.1 Å². The minimum absolute atomic E-state index is 0.812. The Morgan fingerprint density at radius 3 is 2.15 bits per heavy atom. The van der Waals surface area contributed by atoms with Gasteiger partial charge in [-0.2, -0.15) is 0 Å². The molecule has 0 saturated heterocycles. The predicted molar refractivity (Wildman–Crippen MR) is 183 cm³/mol. The quantitative estimate of drug-likeness (QED) is 0.229. The van der Waals surface area contributed by atoms with Gasteiger partial charge in [-0.05, 0) is 71.2 Å². The number of fused-ring (bicyclic) bond motifs is 1. The van der Waals surface area contributed by atoms with Crippen molar-refractivity contribution in [3.05, 3.63) is 65.8 Å². The first-order valence-corrected chi connectivity index (χ1v) is 15.8. The first kappa shape index (κ1) is 40.4. The average Bonchev–Trinajstić information content (AvgIpc) is 3.35. The number of aryl methyl sites for hydroxylation is 2. The number of alkyl halides is 1. The van der Waals surface area contributed by atoms with E-state index in [4.69, 9.17) is 4.52 Å². The molecule has 1 N–H and O–H groups in total. The summed E-state index contributed by atoms with van der Waals surface area (Å²) in [5.41, 5.74) is 3.17. The Balaban J connectivity index is 0. The number of anilines is 1. The number of para-hydroxylation sites is 1. The Labute approximate surface area is 256 Å². The van der Waals surface area contributed by atoms with Crippen LogP contribution in [0, 0.1) is 19.8 Å². The molecule has 0 atom stereocenters. The lowest BCUT2D eigenvalue weighted by Crippen LogP contribution is -2.24. The number of nitrogens with zero attached hydrogens (tertiary/aromatic N) is 4. The number of hydrogen-bond acceptors (Lipinski definition) is 6. The molecule has 0 bridgehead atoms. The van der Waals surface area contributed by atoms with E-state index in [2.05, 4.69) is 38.6 Å². The molecule has 0 unspecified atom stereocenters. The molecule has 232 valence electrons. The molecule has 4 rings (SSSR count). The van der Waals surface area contributed by atoms with E-state index in [0.29, 0.717) is 0 Å². The summed E-state index contributed by atoms with van der Waals surface area (Å²) in [4.78, 5) is 10.8. The zero-order valence-corrected chi connectivity index (χ0v) is 28.6. The van der Waals surface area contributed by atoms with Crippen LogP contribution in [-0.4, -0.2) is 42.1 Å². The van der Waals surface area contributed by atoms with Gasteiger partial charge in [-0.15, -0.1) is 18.2 Å². The third-order valence-corrected chi connectivity index (χ3v) is 5.92. The molecule has 1 aliphatic carbocycles. The van der Waals surface area contributed by atoms with E-state index < -0.39 is 0 Å². The monoisotopic (exact) mass is 587 g/mol. The first-order chi connectivity index (χ1) is 19.9. The number of benzene rings is 1. The molecule has 2 heterocycles. The molecule has 1 aromatic carbocycles. The van der Waals surface area contributed by atoms with Crippen LogP contribution in [-0.2, 0) is 6.54 Å². The summed E-state index contributed by atoms with van der Waals surface area (Å²) >= 11 is 4.64. The van der Waals surface area contributed by atoms with Crippen LogP contribution in [0.1, 0.15) is 96.5 Å². The van der Waals surface area contributed by atoms with Crippen molar-refractivity contribution in [3.63, 3.8) is 0 Å². The molecule has 2 aromatic heterocycles. The average molecular weight is 588 g/mol. The molecular weight excluding hydrogens is 530 g/mol. The van der Waals surface area contributed by atoms with Crippen molar-refractivity contribution in [3.8, 4) is 0 Å². The molecule has 1 aliphatic rings. The van der Waals surface area contributed by atoms with Crippen LogP contribution in [0.4, 0.5) is 5.82 Å². The summed E-state index contributed by atoms with van der Waals surface area (Å²) in [6, 6.07) is 8.06. The molecule has 0 spiro atoms. The third-order valence-electron chi connectivity index (χ3n) is 5.92. The summed E-state index contributed by atoms with van der Waals surface area (Å²) in [5, 5.41) is 8.73. The largest absolute Gasteiger partial charge is 0.362 e. The van der Waals surface area contributed by atoms with Gasteiger partial charge in [0.05, 0.1) is 5.52 Å². The van der Waals surface area contributed by atoms with Gasteiger partial charge in [0.2, 0.25) is 0 Å². The van der Waals surface area contributed by atoms with Gasteiger partial charge in [-0.25, -0.2) is 9.97 Å². The van der Waals surface area contributed by atoms with Crippen molar-refractivity contribution >= 4 is 34.4 Å². The molecule has 1 saturated carbocycles. The summed E-state index contributed by atoms with van der Waals surface area (Å²) in [5.74, 6) is 3.59. The second-order valence-corrected chi connectivity index (χ2v) is 9.15. The van der Waals surface area contributed by atoms with E-state index in [1.54, 1.807) is 6.08 Å². The Bertz CT molecular complexity index is 1070. The fourth-order valence-corrected chi connectivity index (χ4v) is 4.22. The molecule has 3 aromatic rings. The van der Waals surface area contributed by atoms with Crippen LogP contribution in [0.15, 0.2) is 47.5 Å². The molecule has 0 amide bonds. The lowest BCUT2D eigenvalue weighted by molar-refractivity contribution is 0.341. The van der Waals surface area contributed by atoms with Gasteiger partial charge in [-0.1, -0.05) is 76.4 Å². The summed E-state index contributed by atoms with van der Waals surface area (Å²) < 4.78 is 5.25. The zero-order chi connectivity index (χ0) is 31.6. The van der Waals surface area contributed by atoms with Gasteiger partial charge in [-0.3, -0.25) is 0 Å². The maximum absolute atomic E-state index is 5.25. The van der Waals surface area contributed by atoms with Crippen molar-refractivity contribution in [2.24, 2.45) is 5.92 Å². The first-order valence-electron chi connectivity index (χ1n) is 15.0. The number of rotatable bonds is 6. The van der Waals surface area contributed by atoms with E-state index in [1.165, 1.54) is 44.1 Å². The van der Waals surface area contributed by atoms with Crippen molar-refractivity contribution in [2.75, 3.05) is 31.9 Å². The highest BCUT2D eigenvalue weighted by Gasteiger charge is 2.14. The van der Waals surface area contributed by atoms with Crippen LogP contribution in [0.2, 0.25) is 0 Å². The molecule has 41 heavy (non-hydrogen) atoms.